The summed E-state index contributed by atoms with van der Waals surface area (Å²) in [6.45, 7) is 4.94. The summed E-state index contributed by atoms with van der Waals surface area (Å²) >= 11 is 0. The van der Waals surface area contributed by atoms with Gasteiger partial charge in [0.1, 0.15) is 28.7 Å². The van der Waals surface area contributed by atoms with Crippen LogP contribution in [-0.2, 0) is 4.79 Å². The first-order valence-corrected chi connectivity index (χ1v) is 9.04. The van der Waals surface area contributed by atoms with Gasteiger partial charge in [-0.15, -0.1) is 5.11 Å². The summed E-state index contributed by atoms with van der Waals surface area (Å²) in [5.41, 5.74) is 0.298. The maximum Gasteiger partial charge on any atom is 0.338 e. The average Bonchev–Trinajstić information content (AvgIpc) is 2.73. The van der Waals surface area contributed by atoms with E-state index in [-0.39, 0.29) is 33.9 Å². The Bertz CT molecular complexity index is 1200. The van der Waals surface area contributed by atoms with Crippen LogP contribution in [-0.4, -0.2) is 27.1 Å². The minimum atomic E-state index is -0.732. The van der Waals surface area contributed by atoms with Crippen LogP contribution in [0.4, 0.5) is 11.4 Å². The van der Waals surface area contributed by atoms with Gasteiger partial charge in [0, 0.05) is 17.7 Å². The fourth-order valence-corrected chi connectivity index (χ4v) is 2.54. The Morgan fingerprint density at radius 1 is 0.839 bits per heavy atom. The number of azo groups is 1. The molecule has 0 aliphatic heterocycles. The van der Waals surface area contributed by atoms with E-state index in [0.29, 0.717) is 5.69 Å². The number of rotatable bonds is 6. The predicted octanol–water partition coefficient (Wildman–Crippen LogP) is 4.93. The van der Waals surface area contributed by atoms with E-state index < -0.39 is 23.3 Å². The number of phenols is 3. The fourth-order valence-electron chi connectivity index (χ4n) is 2.54. The van der Waals surface area contributed by atoms with Crippen molar-refractivity contribution in [1.29, 1.82) is 0 Å². The lowest BCUT2D eigenvalue weighted by atomic mass is 10.0. The lowest BCUT2D eigenvalue weighted by Crippen LogP contribution is -2.08. The van der Waals surface area contributed by atoms with Gasteiger partial charge in [-0.3, -0.25) is 4.79 Å². The highest BCUT2D eigenvalue weighted by Gasteiger charge is 2.20. The third kappa shape index (κ3) is 4.94. The van der Waals surface area contributed by atoms with Crippen molar-refractivity contribution in [2.75, 3.05) is 0 Å². The summed E-state index contributed by atoms with van der Waals surface area (Å²) in [7, 11) is 0. The van der Waals surface area contributed by atoms with E-state index in [4.69, 9.17) is 4.74 Å². The topological polar surface area (TPSA) is 129 Å². The average molecular weight is 418 g/mol. The highest BCUT2D eigenvalue weighted by Crippen LogP contribution is 2.37. The third-order valence-electron chi connectivity index (χ3n) is 4.14. The van der Waals surface area contributed by atoms with Crippen molar-refractivity contribution in [2.45, 2.75) is 6.92 Å². The molecule has 0 heterocycles. The molecular weight excluding hydrogens is 400 g/mol. The lowest BCUT2D eigenvalue weighted by Gasteiger charge is -2.10. The number of ketones is 1. The van der Waals surface area contributed by atoms with Crippen LogP contribution in [0.15, 0.2) is 83.0 Å². The maximum atomic E-state index is 12.9. The van der Waals surface area contributed by atoms with Gasteiger partial charge in [0.15, 0.2) is 0 Å². The van der Waals surface area contributed by atoms with E-state index >= 15 is 0 Å². The first-order chi connectivity index (χ1) is 14.8. The number of esters is 1. The number of carbonyl (C=O) groups is 2. The summed E-state index contributed by atoms with van der Waals surface area (Å²) in [5, 5.41) is 38.3. The molecule has 31 heavy (non-hydrogen) atoms. The molecule has 156 valence electrons. The second-order valence-electron chi connectivity index (χ2n) is 6.57. The minimum Gasteiger partial charge on any atom is -0.507 e. The third-order valence-corrected chi connectivity index (χ3v) is 4.14. The molecule has 0 atom stereocenters. The molecule has 0 aliphatic carbocycles. The van der Waals surface area contributed by atoms with Crippen molar-refractivity contribution < 1.29 is 29.6 Å². The van der Waals surface area contributed by atoms with Gasteiger partial charge in [0.25, 0.3) is 0 Å². The molecule has 3 N–H and O–H groups in total. The number of benzene rings is 3. The molecule has 8 heteroatoms. The summed E-state index contributed by atoms with van der Waals surface area (Å²) < 4.78 is 5.01. The second kappa shape index (κ2) is 8.91. The molecule has 0 aliphatic rings. The standard InChI is InChI=1S/C23H18N2O6/c1-13(2)23(30)31-15-8-9-16(19(26)10-15)22(29)17-11-18(21(28)12-20(17)27)25-24-14-6-4-3-5-7-14/h3-12,26-28H,1H2,2H3. The number of aromatic hydroxyl groups is 3. The van der Waals surface area contributed by atoms with Crippen LogP contribution in [0.5, 0.6) is 23.0 Å². The molecule has 0 saturated heterocycles. The van der Waals surface area contributed by atoms with Gasteiger partial charge in [-0.1, -0.05) is 24.8 Å². The van der Waals surface area contributed by atoms with Crippen LogP contribution in [0.2, 0.25) is 0 Å². The van der Waals surface area contributed by atoms with Crippen LogP contribution in [0.3, 0.4) is 0 Å². The predicted molar refractivity (Wildman–Crippen MR) is 112 cm³/mol. The van der Waals surface area contributed by atoms with Crippen LogP contribution < -0.4 is 4.74 Å². The molecule has 0 unspecified atom stereocenters. The Morgan fingerprint density at radius 3 is 2.16 bits per heavy atom. The molecule has 0 radical (unpaired) electrons. The quantitative estimate of drug-likeness (QED) is 0.171. The molecule has 0 amide bonds. The van der Waals surface area contributed by atoms with Crippen LogP contribution >= 0.6 is 0 Å². The van der Waals surface area contributed by atoms with Crippen LogP contribution in [0, 0.1) is 0 Å². The molecule has 0 saturated carbocycles. The van der Waals surface area contributed by atoms with Crippen molar-refractivity contribution in [3.8, 4) is 23.0 Å². The van der Waals surface area contributed by atoms with Gasteiger partial charge in [-0.25, -0.2) is 4.79 Å². The molecule has 0 aromatic heterocycles. The molecule has 3 aromatic rings. The summed E-state index contributed by atoms with van der Waals surface area (Å²) in [6, 6.07) is 14.5. The zero-order valence-electron chi connectivity index (χ0n) is 16.4. The van der Waals surface area contributed by atoms with Gasteiger partial charge < -0.3 is 20.1 Å². The Labute approximate surface area is 177 Å². The molecule has 3 aromatic carbocycles. The monoisotopic (exact) mass is 418 g/mol. The smallest absolute Gasteiger partial charge is 0.338 e. The van der Waals surface area contributed by atoms with Crippen molar-refractivity contribution >= 4 is 23.1 Å². The first kappa shape index (κ1) is 21.3. The molecule has 3 rings (SSSR count). The highest BCUT2D eigenvalue weighted by atomic mass is 16.5. The number of nitrogens with zero attached hydrogens (tertiary/aromatic N) is 2. The van der Waals surface area contributed by atoms with Gasteiger partial charge >= 0.3 is 5.97 Å². The summed E-state index contributed by atoms with van der Waals surface area (Å²) in [6.07, 6.45) is 0. The van der Waals surface area contributed by atoms with Gasteiger partial charge in [0.05, 0.1) is 16.8 Å². The molecule has 0 bridgehead atoms. The van der Waals surface area contributed by atoms with Gasteiger partial charge in [0.2, 0.25) is 5.78 Å². The van der Waals surface area contributed by atoms with Crippen LogP contribution in [0.25, 0.3) is 0 Å². The van der Waals surface area contributed by atoms with Crippen molar-refractivity contribution in [1.82, 2.24) is 0 Å². The van der Waals surface area contributed by atoms with E-state index in [0.717, 1.165) is 18.2 Å². The maximum absolute atomic E-state index is 12.9. The van der Waals surface area contributed by atoms with Crippen LogP contribution in [0.1, 0.15) is 22.8 Å². The lowest BCUT2D eigenvalue weighted by molar-refractivity contribution is -0.130. The SMILES string of the molecule is C=C(C)C(=O)Oc1ccc(C(=O)c2cc(N=Nc3ccccc3)c(O)cc2O)c(O)c1. The molecule has 0 spiro atoms. The Hall–Kier alpha value is -4.46. The summed E-state index contributed by atoms with van der Waals surface area (Å²) in [5.74, 6) is -2.73. The number of carbonyl (C=O) groups excluding carboxylic acids is 2. The number of phenolic OH excluding ortho intramolecular Hbond substituents is 3. The van der Waals surface area contributed by atoms with E-state index in [9.17, 15) is 24.9 Å². The fraction of sp³-hybridized carbons (Fsp3) is 0.0435. The number of hydrogen-bond donors (Lipinski definition) is 3. The largest absolute Gasteiger partial charge is 0.507 e. The zero-order valence-corrected chi connectivity index (χ0v) is 16.4. The number of hydrogen-bond acceptors (Lipinski definition) is 8. The number of ether oxygens (including phenoxy) is 1. The normalized spacial score (nSPS) is 10.7. The molecule has 8 nitrogen and oxygen atoms in total. The Balaban J connectivity index is 1.91. The Kier molecular flexibility index (Phi) is 6.11. The molecule has 0 fully saturated rings. The Morgan fingerprint density at radius 2 is 1.52 bits per heavy atom. The zero-order chi connectivity index (χ0) is 22.5. The minimum absolute atomic E-state index is 0.0225. The highest BCUT2D eigenvalue weighted by molar-refractivity contribution is 6.13. The van der Waals surface area contributed by atoms with Gasteiger partial charge in [-0.05, 0) is 37.3 Å². The van der Waals surface area contributed by atoms with E-state index in [1.165, 1.54) is 19.1 Å². The van der Waals surface area contributed by atoms with E-state index in [1.54, 1.807) is 24.3 Å². The van der Waals surface area contributed by atoms with Crippen molar-refractivity contribution in [3.05, 3.63) is 83.9 Å². The molecular formula is C23H18N2O6. The first-order valence-electron chi connectivity index (χ1n) is 9.04. The van der Waals surface area contributed by atoms with Gasteiger partial charge in [-0.2, -0.15) is 5.11 Å². The van der Waals surface area contributed by atoms with Crippen molar-refractivity contribution in [3.63, 3.8) is 0 Å². The van der Waals surface area contributed by atoms with Crippen molar-refractivity contribution in [2.24, 2.45) is 10.2 Å². The second-order valence-corrected chi connectivity index (χ2v) is 6.57. The van der Waals surface area contributed by atoms with E-state index in [2.05, 4.69) is 16.8 Å². The van der Waals surface area contributed by atoms with E-state index in [1.807, 2.05) is 6.07 Å². The summed E-state index contributed by atoms with van der Waals surface area (Å²) in [4.78, 5) is 24.5.